The summed E-state index contributed by atoms with van der Waals surface area (Å²) in [5.74, 6) is 0.645. The Bertz CT molecular complexity index is 361. The van der Waals surface area contributed by atoms with E-state index in [0.29, 0.717) is 5.92 Å². The Balaban J connectivity index is 2.87. The van der Waals surface area contributed by atoms with E-state index in [-0.39, 0.29) is 5.95 Å². The van der Waals surface area contributed by atoms with Crippen LogP contribution in [0.15, 0.2) is 30.2 Å². The number of ether oxygens (including phenoxy) is 1. The van der Waals surface area contributed by atoms with Gasteiger partial charge in [0, 0.05) is 5.57 Å². The number of rotatable bonds is 4. The molecule has 0 aliphatic rings. The minimum Gasteiger partial charge on any atom is -0.481 e. The van der Waals surface area contributed by atoms with E-state index in [1.54, 1.807) is 0 Å². The predicted molar refractivity (Wildman–Crippen MR) is 67.2 cm³/mol. The number of benzene rings is 1. The molecule has 16 heavy (non-hydrogen) atoms. The van der Waals surface area contributed by atoms with Gasteiger partial charge in [0.2, 0.25) is 0 Å². The van der Waals surface area contributed by atoms with Crippen LogP contribution in [-0.4, -0.2) is 12.2 Å². The fourth-order valence-corrected chi connectivity index (χ4v) is 1.64. The summed E-state index contributed by atoms with van der Waals surface area (Å²) >= 11 is 0. The molecule has 1 aromatic rings. The number of hydrogen-bond donors (Lipinski definition) is 1. The van der Waals surface area contributed by atoms with Crippen molar-refractivity contribution in [3.8, 4) is 0 Å². The fraction of sp³-hybridized carbons (Fsp3) is 0.429. The smallest absolute Gasteiger partial charge is 0.279 e. The van der Waals surface area contributed by atoms with Gasteiger partial charge in [-0.25, -0.2) is 0 Å². The average molecular weight is 220 g/mol. The van der Waals surface area contributed by atoms with E-state index >= 15 is 0 Å². The molecule has 2 heteroatoms. The van der Waals surface area contributed by atoms with E-state index in [0.717, 1.165) is 17.6 Å². The molecule has 1 N–H and O–H groups in total. The summed E-state index contributed by atoms with van der Waals surface area (Å²) in [4.78, 5) is 0. The maximum Gasteiger partial charge on any atom is 0.279 e. The fourth-order valence-electron chi connectivity index (χ4n) is 1.64. The van der Waals surface area contributed by atoms with Crippen molar-refractivity contribution in [3.05, 3.63) is 41.3 Å². The average Bonchev–Trinajstić information content (AvgIpc) is 2.27. The van der Waals surface area contributed by atoms with Gasteiger partial charge in [0.05, 0.1) is 7.11 Å². The SMILES string of the molecule is CO/C(O)=C(\C)c1ccc(CC(C)C)cc1. The van der Waals surface area contributed by atoms with Crippen LogP contribution in [0.25, 0.3) is 5.57 Å². The minimum absolute atomic E-state index is 0.0170. The molecule has 0 saturated heterocycles. The molecule has 0 unspecified atom stereocenters. The van der Waals surface area contributed by atoms with E-state index in [9.17, 15) is 5.11 Å². The molecule has 88 valence electrons. The van der Waals surface area contributed by atoms with Crippen molar-refractivity contribution in [2.45, 2.75) is 27.2 Å². The van der Waals surface area contributed by atoms with Crippen molar-refractivity contribution in [3.63, 3.8) is 0 Å². The summed E-state index contributed by atoms with van der Waals surface area (Å²) in [7, 11) is 1.46. The third-order valence-electron chi connectivity index (χ3n) is 2.55. The first-order valence-electron chi connectivity index (χ1n) is 5.57. The maximum atomic E-state index is 9.45. The van der Waals surface area contributed by atoms with Crippen LogP contribution in [0.3, 0.4) is 0 Å². The zero-order valence-corrected chi connectivity index (χ0v) is 10.4. The van der Waals surface area contributed by atoms with Gasteiger partial charge in [0.25, 0.3) is 5.95 Å². The molecule has 1 rings (SSSR count). The van der Waals surface area contributed by atoms with Crippen LogP contribution in [0.1, 0.15) is 31.9 Å². The van der Waals surface area contributed by atoms with Crippen LogP contribution in [0.5, 0.6) is 0 Å². The standard InChI is InChI=1S/C14H20O2/c1-10(2)9-12-5-7-13(8-6-12)11(3)14(15)16-4/h5-8,10,15H,9H2,1-4H3/b14-11+. The largest absolute Gasteiger partial charge is 0.481 e. The molecular weight excluding hydrogens is 200 g/mol. The molecular formula is C14H20O2. The van der Waals surface area contributed by atoms with Crippen molar-refractivity contribution in [2.24, 2.45) is 5.92 Å². The van der Waals surface area contributed by atoms with Gasteiger partial charge < -0.3 is 9.84 Å². The van der Waals surface area contributed by atoms with Gasteiger partial charge in [0.1, 0.15) is 0 Å². The van der Waals surface area contributed by atoms with E-state index in [1.807, 2.05) is 19.1 Å². The molecule has 0 aromatic heterocycles. The predicted octanol–water partition coefficient (Wildman–Crippen LogP) is 3.78. The highest BCUT2D eigenvalue weighted by atomic mass is 16.6. The summed E-state index contributed by atoms with van der Waals surface area (Å²) in [6.45, 7) is 6.25. The molecule has 0 radical (unpaired) electrons. The quantitative estimate of drug-likeness (QED) is 0.782. The molecule has 1 aromatic carbocycles. The number of aliphatic hydroxyl groups excluding tert-OH is 1. The van der Waals surface area contributed by atoms with Gasteiger partial charge in [0.15, 0.2) is 0 Å². The van der Waals surface area contributed by atoms with Crippen molar-refractivity contribution in [1.82, 2.24) is 0 Å². The zero-order valence-electron chi connectivity index (χ0n) is 10.4. The molecule has 0 bridgehead atoms. The molecule has 0 atom stereocenters. The van der Waals surface area contributed by atoms with E-state index in [2.05, 4.69) is 26.0 Å². The third kappa shape index (κ3) is 3.30. The topological polar surface area (TPSA) is 29.5 Å². The van der Waals surface area contributed by atoms with Crippen LogP contribution < -0.4 is 0 Å². The second kappa shape index (κ2) is 5.59. The number of methoxy groups -OCH3 is 1. The minimum atomic E-state index is -0.0170. The Hall–Kier alpha value is -1.44. The molecule has 0 aliphatic carbocycles. The van der Waals surface area contributed by atoms with Crippen molar-refractivity contribution >= 4 is 5.57 Å². The summed E-state index contributed by atoms with van der Waals surface area (Å²) in [5.41, 5.74) is 3.08. The lowest BCUT2D eigenvalue weighted by molar-refractivity contribution is 0.139. The molecule has 0 heterocycles. The second-order valence-electron chi connectivity index (χ2n) is 4.43. The molecule has 2 nitrogen and oxygen atoms in total. The molecule has 0 spiro atoms. The lowest BCUT2D eigenvalue weighted by Crippen LogP contribution is -1.95. The van der Waals surface area contributed by atoms with Crippen molar-refractivity contribution in [1.29, 1.82) is 0 Å². The highest BCUT2D eigenvalue weighted by Crippen LogP contribution is 2.18. The van der Waals surface area contributed by atoms with E-state index in [1.165, 1.54) is 12.7 Å². The summed E-state index contributed by atoms with van der Waals surface area (Å²) in [6, 6.07) is 8.23. The lowest BCUT2D eigenvalue weighted by Gasteiger charge is -2.08. The monoisotopic (exact) mass is 220 g/mol. The van der Waals surface area contributed by atoms with Gasteiger partial charge >= 0.3 is 0 Å². The van der Waals surface area contributed by atoms with Crippen LogP contribution in [-0.2, 0) is 11.2 Å². The van der Waals surface area contributed by atoms with E-state index in [4.69, 9.17) is 4.74 Å². The first-order valence-corrected chi connectivity index (χ1v) is 5.57. The lowest BCUT2D eigenvalue weighted by atomic mass is 10.00. The molecule has 0 amide bonds. The Morgan fingerprint density at radius 1 is 1.25 bits per heavy atom. The summed E-state index contributed by atoms with van der Waals surface area (Å²) < 4.78 is 4.80. The first kappa shape index (κ1) is 12.6. The van der Waals surface area contributed by atoms with Gasteiger partial charge in [-0.1, -0.05) is 38.1 Å². The second-order valence-corrected chi connectivity index (χ2v) is 4.43. The number of hydrogen-bond acceptors (Lipinski definition) is 2. The Labute approximate surface area is 97.6 Å². The normalized spacial score (nSPS) is 12.6. The van der Waals surface area contributed by atoms with Crippen molar-refractivity contribution in [2.75, 3.05) is 7.11 Å². The molecule has 0 saturated carbocycles. The summed E-state index contributed by atoms with van der Waals surface area (Å²) in [5, 5.41) is 9.45. The number of aliphatic hydroxyl groups is 1. The maximum absolute atomic E-state index is 9.45. The summed E-state index contributed by atoms with van der Waals surface area (Å²) in [6.07, 6.45) is 1.08. The first-order chi connectivity index (χ1) is 7.54. The van der Waals surface area contributed by atoms with Crippen molar-refractivity contribution < 1.29 is 9.84 Å². The third-order valence-corrected chi connectivity index (χ3v) is 2.55. The highest BCUT2D eigenvalue weighted by molar-refractivity contribution is 5.64. The van der Waals surface area contributed by atoms with E-state index < -0.39 is 0 Å². The van der Waals surface area contributed by atoms with Gasteiger partial charge in [-0.2, -0.15) is 0 Å². The van der Waals surface area contributed by atoms with Crippen LogP contribution >= 0.6 is 0 Å². The Kier molecular flexibility index (Phi) is 4.41. The highest BCUT2D eigenvalue weighted by Gasteiger charge is 2.04. The van der Waals surface area contributed by atoms with Gasteiger partial charge in [-0.15, -0.1) is 0 Å². The Morgan fingerprint density at radius 3 is 2.25 bits per heavy atom. The van der Waals surface area contributed by atoms with Crippen LogP contribution in [0.4, 0.5) is 0 Å². The van der Waals surface area contributed by atoms with Gasteiger partial charge in [-0.05, 0) is 30.4 Å². The van der Waals surface area contributed by atoms with Crippen LogP contribution in [0, 0.1) is 5.92 Å². The molecule has 0 fully saturated rings. The number of allylic oxidation sites excluding steroid dienone is 1. The Morgan fingerprint density at radius 2 is 1.81 bits per heavy atom. The molecule has 0 aliphatic heterocycles. The zero-order chi connectivity index (χ0) is 12.1. The van der Waals surface area contributed by atoms with Crippen LogP contribution in [0.2, 0.25) is 0 Å². The van der Waals surface area contributed by atoms with Gasteiger partial charge in [-0.3, -0.25) is 0 Å².